The molecule has 0 amide bonds. The third-order valence-corrected chi connectivity index (χ3v) is 4.07. The Labute approximate surface area is 91.0 Å². The van der Waals surface area contributed by atoms with E-state index in [2.05, 4.69) is 12.2 Å². The highest BCUT2D eigenvalue weighted by molar-refractivity contribution is 5.14. The first-order valence-electron chi connectivity index (χ1n) is 6.04. The molecule has 1 N–H and O–H groups in total. The first-order chi connectivity index (χ1) is 7.30. The topological polar surface area (TPSA) is 25.2 Å². The third kappa shape index (κ3) is 1.83. The lowest BCUT2D eigenvalue weighted by Gasteiger charge is -2.14. The fraction of sp³-hybridized carbons (Fsp3) is 0.692. The number of rotatable bonds is 5. The molecule has 2 aliphatic rings. The van der Waals surface area contributed by atoms with Crippen LogP contribution in [-0.4, -0.2) is 6.54 Å². The Morgan fingerprint density at radius 3 is 2.80 bits per heavy atom. The second-order valence-corrected chi connectivity index (χ2v) is 5.27. The fourth-order valence-electron chi connectivity index (χ4n) is 2.60. The molecule has 2 saturated carbocycles. The van der Waals surface area contributed by atoms with Crippen LogP contribution in [0.4, 0.5) is 0 Å². The van der Waals surface area contributed by atoms with Crippen LogP contribution in [0.1, 0.15) is 37.0 Å². The van der Waals surface area contributed by atoms with Crippen LogP contribution < -0.4 is 5.32 Å². The van der Waals surface area contributed by atoms with Gasteiger partial charge in [-0.1, -0.05) is 0 Å². The summed E-state index contributed by atoms with van der Waals surface area (Å²) in [6, 6.07) is 2.03. The van der Waals surface area contributed by atoms with Crippen molar-refractivity contribution in [2.75, 3.05) is 6.54 Å². The zero-order valence-corrected chi connectivity index (χ0v) is 9.38. The van der Waals surface area contributed by atoms with Gasteiger partial charge in [0.15, 0.2) is 0 Å². The molecule has 0 bridgehead atoms. The second kappa shape index (κ2) is 3.38. The molecule has 0 spiro atoms. The fourth-order valence-corrected chi connectivity index (χ4v) is 2.60. The van der Waals surface area contributed by atoms with E-state index in [1.54, 1.807) is 6.26 Å². The van der Waals surface area contributed by atoms with E-state index >= 15 is 0 Å². The molecule has 15 heavy (non-hydrogen) atoms. The van der Waals surface area contributed by atoms with Gasteiger partial charge in [-0.3, -0.25) is 0 Å². The van der Waals surface area contributed by atoms with E-state index < -0.39 is 0 Å². The molecule has 0 aromatic carbocycles. The number of hydrogen-bond acceptors (Lipinski definition) is 2. The van der Waals surface area contributed by atoms with Gasteiger partial charge < -0.3 is 9.73 Å². The van der Waals surface area contributed by atoms with E-state index in [1.165, 1.54) is 37.8 Å². The molecule has 0 radical (unpaired) electrons. The van der Waals surface area contributed by atoms with E-state index in [4.69, 9.17) is 4.42 Å². The lowest BCUT2D eigenvalue weighted by molar-refractivity contribution is 0.387. The highest BCUT2D eigenvalue weighted by atomic mass is 16.3. The Morgan fingerprint density at radius 2 is 2.27 bits per heavy atom. The minimum absolute atomic E-state index is 0.695. The van der Waals surface area contributed by atoms with Crippen LogP contribution >= 0.6 is 0 Å². The third-order valence-electron chi connectivity index (χ3n) is 4.07. The minimum Gasteiger partial charge on any atom is -0.468 e. The van der Waals surface area contributed by atoms with Gasteiger partial charge in [0.25, 0.3) is 0 Å². The molecule has 2 aliphatic carbocycles. The maximum Gasteiger partial charge on any atom is 0.120 e. The Bertz CT molecular complexity index is 347. The summed E-state index contributed by atoms with van der Waals surface area (Å²) in [5, 5.41) is 3.56. The monoisotopic (exact) mass is 205 g/mol. The standard InChI is InChI=1S/C13H19NO/c1-10-4-7-15-12(10)8-14-9-13(5-6-13)11-2-3-11/h4,7,11,14H,2-3,5-6,8-9H2,1H3. The predicted octanol–water partition coefficient (Wildman–Crippen LogP) is 2.87. The first-order valence-corrected chi connectivity index (χ1v) is 6.04. The molecule has 2 nitrogen and oxygen atoms in total. The van der Waals surface area contributed by atoms with Gasteiger partial charge in [-0.25, -0.2) is 0 Å². The van der Waals surface area contributed by atoms with Crippen molar-refractivity contribution in [3.05, 3.63) is 23.7 Å². The smallest absolute Gasteiger partial charge is 0.120 e. The molecular weight excluding hydrogens is 186 g/mol. The number of nitrogens with one attached hydrogen (secondary N) is 1. The summed E-state index contributed by atoms with van der Waals surface area (Å²) in [7, 11) is 0. The number of aryl methyl sites for hydroxylation is 1. The van der Waals surface area contributed by atoms with E-state index in [0.29, 0.717) is 5.41 Å². The summed E-state index contributed by atoms with van der Waals surface area (Å²) < 4.78 is 5.41. The number of furan rings is 1. The van der Waals surface area contributed by atoms with Crippen molar-refractivity contribution >= 4 is 0 Å². The van der Waals surface area contributed by atoms with Crippen LogP contribution in [0.15, 0.2) is 16.7 Å². The van der Waals surface area contributed by atoms with Crippen LogP contribution in [0.3, 0.4) is 0 Å². The van der Waals surface area contributed by atoms with Gasteiger partial charge in [0.05, 0.1) is 12.8 Å². The Hall–Kier alpha value is -0.760. The van der Waals surface area contributed by atoms with E-state index in [9.17, 15) is 0 Å². The molecule has 3 rings (SSSR count). The Kier molecular flexibility index (Phi) is 2.13. The average molecular weight is 205 g/mol. The van der Waals surface area contributed by atoms with Crippen molar-refractivity contribution in [2.45, 2.75) is 39.2 Å². The van der Waals surface area contributed by atoms with Gasteiger partial charge >= 0.3 is 0 Å². The molecule has 1 aromatic heterocycles. The lowest BCUT2D eigenvalue weighted by atomic mass is 10.0. The maximum atomic E-state index is 5.41. The SMILES string of the molecule is Cc1ccoc1CNCC1(C2CC2)CC1. The molecule has 1 heterocycles. The van der Waals surface area contributed by atoms with Crippen LogP contribution in [-0.2, 0) is 6.54 Å². The summed E-state index contributed by atoms with van der Waals surface area (Å²) in [5.74, 6) is 2.14. The summed E-state index contributed by atoms with van der Waals surface area (Å²) in [6.07, 6.45) is 7.62. The van der Waals surface area contributed by atoms with Gasteiger partial charge in [0, 0.05) is 6.54 Å². The van der Waals surface area contributed by atoms with Crippen LogP contribution in [0, 0.1) is 18.3 Å². The summed E-state index contributed by atoms with van der Waals surface area (Å²) in [6.45, 7) is 4.19. The first kappa shape index (κ1) is 9.46. The summed E-state index contributed by atoms with van der Waals surface area (Å²) in [5.41, 5.74) is 1.96. The molecule has 2 fully saturated rings. The van der Waals surface area contributed by atoms with Crippen molar-refractivity contribution in [1.29, 1.82) is 0 Å². The van der Waals surface area contributed by atoms with Gasteiger partial charge in [-0.15, -0.1) is 0 Å². The molecule has 2 heteroatoms. The minimum atomic E-state index is 0.695. The van der Waals surface area contributed by atoms with Gasteiger partial charge in [-0.2, -0.15) is 0 Å². The van der Waals surface area contributed by atoms with Crippen molar-refractivity contribution in [3.8, 4) is 0 Å². The Morgan fingerprint density at radius 1 is 1.47 bits per heavy atom. The highest BCUT2D eigenvalue weighted by Gasteiger charge is 2.53. The molecule has 0 unspecified atom stereocenters. The van der Waals surface area contributed by atoms with Crippen molar-refractivity contribution < 1.29 is 4.42 Å². The van der Waals surface area contributed by atoms with Crippen LogP contribution in [0.2, 0.25) is 0 Å². The quantitative estimate of drug-likeness (QED) is 0.799. The normalized spacial score (nSPS) is 23.0. The van der Waals surface area contributed by atoms with Crippen LogP contribution in [0.25, 0.3) is 0 Å². The molecule has 0 atom stereocenters. The molecular formula is C13H19NO. The van der Waals surface area contributed by atoms with E-state index in [0.717, 1.165) is 18.2 Å². The highest BCUT2D eigenvalue weighted by Crippen LogP contribution is 2.60. The second-order valence-electron chi connectivity index (χ2n) is 5.27. The van der Waals surface area contributed by atoms with Gasteiger partial charge in [0.1, 0.15) is 5.76 Å². The zero-order valence-electron chi connectivity index (χ0n) is 9.38. The van der Waals surface area contributed by atoms with E-state index in [-0.39, 0.29) is 0 Å². The summed E-state index contributed by atoms with van der Waals surface area (Å²) >= 11 is 0. The molecule has 82 valence electrons. The predicted molar refractivity (Wildman–Crippen MR) is 59.5 cm³/mol. The molecule has 0 saturated heterocycles. The van der Waals surface area contributed by atoms with Crippen molar-refractivity contribution in [2.24, 2.45) is 11.3 Å². The zero-order chi connectivity index (χ0) is 10.3. The summed E-state index contributed by atoms with van der Waals surface area (Å²) in [4.78, 5) is 0. The van der Waals surface area contributed by atoms with Crippen molar-refractivity contribution in [3.63, 3.8) is 0 Å². The average Bonchev–Trinajstić information content (AvgIpc) is 3.10. The molecule has 1 aromatic rings. The maximum absolute atomic E-state index is 5.41. The lowest BCUT2D eigenvalue weighted by Crippen LogP contribution is -2.25. The van der Waals surface area contributed by atoms with Crippen LogP contribution in [0.5, 0.6) is 0 Å². The van der Waals surface area contributed by atoms with Gasteiger partial charge in [0.2, 0.25) is 0 Å². The van der Waals surface area contributed by atoms with Gasteiger partial charge in [-0.05, 0) is 55.6 Å². The Balaban J connectivity index is 1.49. The van der Waals surface area contributed by atoms with Crippen molar-refractivity contribution in [1.82, 2.24) is 5.32 Å². The van der Waals surface area contributed by atoms with E-state index in [1.807, 2.05) is 6.07 Å². The largest absolute Gasteiger partial charge is 0.468 e. The number of hydrogen-bond donors (Lipinski definition) is 1. The molecule has 0 aliphatic heterocycles.